The van der Waals surface area contributed by atoms with E-state index in [1.54, 1.807) is 11.1 Å². The van der Waals surface area contributed by atoms with Crippen molar-refractivity contribution in [1.82, 2.24) is 0 Å². The van der Waals surface area contributed by atoms with Gasteiger partial charge in [-0.05, 0) is 82.8 Å². The van der Waals surface area contributed by atoms with Crippen LogP contribution in [0.25, 0.3) is 11.1 Å². The Labute approximate surface area is 313 Å². The lowest BCUT2D eigenvalue weighted by Gasteiger charge is -2.22. The maximum atomic E-state index is 2.52. The highest BCUT2D eigenvalue weighted by Gasteiger charge is 2.40. The van der Waals surface area contributed by atoms with E-state index in [2.05, 4.69) is 170 Å². The Bertz CT molecular complexity index is 1710. The second-order valence-electron chi connectivity index (χ2n) is 15.6. The number of unbranched alkanes of at least 4 members (excludes halogenated alkanes) is 5. The van der Waals surface area contributed by atoms with Gasteiger partial charge in [-0.25, -0.2) is 0 Å². The van der Waals surface area contributed by atoms with Crippen molar-refractivity contribution >= 4 is 11.1 Å². The molecule has 8 rings (SSSR count). The first kappa shape index (κ1) is 34.4. The number of allylic oxidation sites excluding steroid dienone is 10. The van der Waals surface area contributed by atoms with Gasteiger partial charge in [0.15, 0.2) is 0 Å². The molecule has 52 heavy (non-hydrogen) atoms. The predicted octanol–water partition coefficient (Wildman–Crippen LogP) is 13.9. The number of hydrogen-bond donors (Lipinski definition) is 0. The van der Waals surface area contributed by atoms with E-state index in [1.165, 1.54) is 97.6 Å². The second-order valence-corrected chi connectivity index (χ2v) is 15.6. The zero-order valence-corrected chi connectivity index (χ0v) is 30.7. The van der Waals surface area contributed by atoms with E-state index in [-0.39, 0.29) is 0 Å². The van der Waals surface area contributed by atoms with Crippen molar-refractivity contribution in [2.45, 2.75) is 64.2 Å². The fourth-order valence-corrected chi connectivity index (χ4v) is 10.1. The van der Waals surface area contributed by atoms with Crippen molar-refractivity contribution in [1.29, 1.82) is 0 Å². The molecule has 0 N–H and O–H groups in total. The summed E-state index contributed by atoms with van der Waals surface area (Å²) in [6, 6.07) is 44.5. The van der Waals surface area contributed by atoms with Crippen LogP contribution in [0.3, 0.4) is 0 Å². The lowest BCUT2D eigenvalue weighted by atomic mass is 9.82. The smallest absolute Gasteiger partial charge is 0.00235 e. The van der Waals surface area contributed by atoms with Crippen LogP contribution in [0.4, 0.5) is 0 Å². The normalized spacial score (nSPS) is 24.2. The molecule has 0 nitrogen and oxygen atoms in total. The van der Waals surface area contributed by atoms with Gasteiger partial charge in [-0.3, -0.25) is 0 Å². The van der Waals surface area contributed by atoms with Gasteiger partial charge in [0.2, 0.25) is 0 Å². The van der Waals surface area contributed by atoms with Crippen LogP contribution in [-0.4, -0.2) is 0 Å². The van der Waals surface area contributed by atoms with Gasteiger partial charge in [0.05, 0.1) is 0 Å². The topological polar surface area (TPSA) is 0 Å². The Morgan fingerprint density at radius 3 is 1.02 bits per heavy atom. The average molecular weight is 679 g/mol. The van der Waals surface area contributed by atoms with Crippen LogP contribution in [0.5, 0.6) is 0 Å². The van der Waals surface area contributed by atoms with Gasteiger partial charge >= 0.3 is 0 Å². The van der Waals surface area contributed by atoms with Crippen molar-refractivity contribution in [3.05, 3.63) is 203 Å². The summed E-state index contributed by atoms with van der Waals surface area (Å²) in [5.41, 5.74) is 11.6. The lowest BCUT2D eigenvalue weighted by Crippen LogP contribution is -2.13. The minimum Gasteiger partial charge on any atom is -0.0808 e. The molecule has 2 saturated carbocycles. The second kappa shape index (κ2) is 16.8. The Kier molecular flexibility index (Phi) is 11.1. The standard InChI is InChI=1S/C52H54/c1(3-17-33-45-43-31-19-21-35-47(45)49(37-43)51(39-23-9-5-10-24-39)40-25-11-6-12-26-40)2-4-18-34-46-44-32-20-22-36-48(46)50(38-44)52(41-27-13-7-14-28-41)42-29-15-8-16-30-42/h5-16,19-32,35-36,43-48H,1-4,17-18,33-34,37-38H2. The number of hydrogen-bond acceptors (Lipinski definition) is 0. The molecule has 4 bridgehead atoms. The average Bonchev–Trinajstić information content (AvgIpc) is 3.50. The summed E-state index contributed by atoms with van der Waals surface area (Å²) in [4.78, 5) is 0. The van der Waals surface area contributed by atoms with E-state index in [0.29, 0.717) is 35.5 Å². The zero-order valence-electron chi connectivity index (χ0n) is 30.7. The molecule has 4 aromatic rings. The van der Waals surface area contributed by atoms with E-state index in [9.17, 15) is 0 Å². The Morgan fingerprint density at radius 1 is 0.365 bits per heavy atom. The highest BCUT2D eigenvalue weighted by molar-refractivity contribution is 5.84. The molecule has 0 aliphatic heterocycles. The van der Waals surface area contributed by atoms with Crippen LogP contribution < -0.4 is 0 Å². The van der Waals surface area contributed by atoms with Gasteiger partial charge in [0, 0.05) is 11.8 Å². The molecule has 0 radical (unpaired) electrons. The summed E-state index contributed by atoms with van der Waals surface area (Å²) in [6.45, 7) is 0. The van der Waals surface area contributed by atoms with Gasteiger partial charge in [0.1, 0.15) is 0 Å². The first-order valence-corrected chi connectivity index (χ1v) is 20.2. The van der Waals surface area contributed by atoms with Gasteiger partial charge in [-0.2, -0.15) is 0 Å². The third kappa shape index (κ3) is 7.59. The zero-order chi connectivity index (χ0) is 35.0. The van der Waals surface area contributed by atoms with Crippen LogP contribution in [0.2, 0.25) is 0 Å². The van der Waals surface area contributed by atoms with Gasteiger partial charge in [0.25, 0.3) is 0 Å². The molecular weight excluding hydrogens is 625 g/mol. The fraction of sp³-hybridized carbons (Fsp3) is 0.308. The largest absolute Gasteiger partial charge is 0.0808 e. The molecule has 6 atom stereocenters. The highest BCUT2D eigenvalue weighted by Crippen LogP contribution is 2.52. The van der Waals surface area contributed by atoms with Crippen LogP contribution in [0.1, 0.15) is 86.5 Å². The molecule has 2 fully saturated rings. The van der Waals surface area contributed by atoms with Crippen LogP contribution in [-0.2, 0) is 0 Å². The first-order chi connectivity index (χ1) is 25.8. The lowest BCUT2D eigenvalue weighted by molar-refractivity contribution is 0.355. The molecular formula is C52H54. The summed E-state index contributed by atoms with van der Waals surface area (Å²) < 4.78 is 0. The van der Waals surface area contributed by atoms with Crippen molar-refractivity contribution in [2.24, 2.45) is 35.5 Å². The van der Waals surface area contributed by atoms with Gasteiger partial charge in [-0.15, -0.1) is 0 Å². The quantitative estimate of drug-likeness (QED) is 0.123. The van der Waals surface area contributed by atoms with E-state index < -0.39 is 0 Å². The molecule has 4 aliphatic rings. The minimum atomic E-state index is 0.525. The molecule has 4 aliphatic carbocycles. The molecule has 0 aromatic heterocycles. The maximum Gasteiger partial charge on any atom is 0.00235 e. The van der Waals surface area contributed by atoms with E-state index >= 15 is 0 Å². The third-order valence-corrected chi connectivity index (χ3v) is 12.5. The third-order valence-electron chi connectivity index (χ3n) is 12.5. The molecule has 6 unspecified atom stereocenters. The van der Waals surface area contributed by atoms with Crippen LogP contribution in [0, 0.1) is 35.5 Å². The molecule has 0 spiro atoms. The maximum absolute atomic E-state index is 2.52. The SMILES string of the molecule is C1=CC2CC(=C(c3ccccc3)c3ccccc3)C(C=C1)C2CCCCCCCCC1C2C=CC=CC1C(=C(c1ccccc1)c1ccccc1)C2. The van der Waals surface area contributed by atoms with E-state index in [1.807, 2.05) is 0 Å². The molecule has 0 amide bonds. The monoisotopic (exact) mass is 678 g/mol. The molecule has 0 heteroatoms. The Balaban J connectivity index is 0.872. The summed E-state index contributed by atoms with van der Waals surface area (Å²) in [5.74, 6) is 3.74. The van der Waals surface area contributed by atoms with Gasteiger partial charge < -0.3 is 0 Å². The van der Waals surface area contributed by atoms with Crippen molar-refractivity contribution in [3.63, 3.8) is 0 Å². The fourth-order valence-electron chi connectivity index (χ4n) is 10.1. The van der Waals surface area contributed by atoms with Crippen molar-refractivity contribution < 1.29 is 0 Å². The van der Waals surface area contributed by atoms with Crippen molar-refractivity contribution in [3.8, 4) is 0 Å². The first-order valence-electron chi connectivity index (χ1n) is 20.2. The summed E-state index contributed by atoms with van der Waals surface area (Å²) in [7, 11) is 0. The molecule has 0 saturated heterocycles. The highest BCUT2D eigenvalue weighted by atomic mass is 14.4. The minimum absolute atomic E-state index is 0.525. The van der Waals surface area contributed by atoms with E-state index in [4.69, 9.17) is 0 Å². The molecule has 262 valence electrons. The van der Waals surface area contributed by atoms with E-state index in [0.717, 1.165) is 0 Å². The van der Waals surface area contributed by atoms with Crippen molar-refractivity contribution in [2.75, 3.05) is 0 Å². The number of fused-ring (bicyclic) bond motifs is 4. The van der Waals surface area contributed by atoms with Crippen LogP contribution in [0.15, 0.2) is 181 Å². The number of rotatable bonds is 13. The molecule has 4 aromatic carbocycles. The number of benzene rings is 4. The summed E-state index contributed by atoms with van der Waals surface area (Å²) in [5, 5.41) is 0. The van der Waals surface area contributed by atoms with Gasteiger partial charge in [-0.1, -0.05) is 220 Å². The van der Waals surface area contributed by atoms with Crippen LogP contribution >= 0.6 is 0 Å². The Hall–Kier alpha value is -4.68. The Morgan fingerprint density at radius 2 is 0.673 bits per heavy atom. The predicted molar refractivity (Wildman–Crippen MR) is 221 cm³/mol. The summed E-state index contributed by atoms with van der Waals surface area (Å²) in [6.07, 6.45) is 32.5. The molecule has 0 heterocycles. The summed E-state index contributed by atoms with van der Waals surface area (Å²) >= 11 is 0.